The summed E-state index contributed by atoms with van der Waals surface area (Å²) in [5.74, 6) is -1.30. The second-order valence-corrected chi connectivity index (χ2v) is 8.77. The smallest absolute Gasteiger partial charge is 0.258 e. The Morgan fingerprint density at radius 3 is 1.91 bits per heavy atom. The molecule has 1 aliphatic carbocycles. The lowest BCUT2D eigenvalue weighted by atomic mass is 9.82. The van der Waals surface area contributed by atoms with Crippen molar-refractivity contribution in [2.24, 2.45) is 5.92 Å². The molecule has 10 heteroatoms. The van der Waals surface area contributed by atoms with E-state index in [1.54, 1.807) is 0 Å². The summed E-state index contributed by atoms with van der Waals surface area (Å²) in [5, 5.41) is 5.80. The molecule has 1 saturated carbocycles. The molecule has 2 amide bonds. The van der Waals surface area contributed by atoms with E-state index in [0.717, 1.165) is 12.1 Å². The summed E-state index contributed by atoms with van der Waals surface area (Å²) in [6.07, 6.45) is 2.03. The summed E-state index contributed by atoms with van der Waals surface area (Å²) in [6, 6.07) is 7.83. The molecule has 33 heavy (non-hydrogen) atoms. The predicted molar refractivity (Wildman–Crippen MR) is 121 cm³/mol. The van der Waals surface area contributed by atoms with Crippen molar-refractivity contribution in [2.45, 2.75) is 38.3 Å². The van der Waals surface area contributed by atoms with Crippen LogP contribution in [0.15, 0.2) is 36.4 Å². The zero-order chi connectivity index (χ0) is 24.0. The molecule has 0 spiro atoms. The monoisotopic (exact) mass is 500 g/mol. The minimum atomic E-state index is -0.616. The van der Waals surface area contributed by atoms with Crippen LogP contribution in [0.4, 0.5) is 8.78 Å². The Hall–Kier alpha value is -2.58. The fraction of sp³-hybridized carbons (Fsp3) is 0.391. The number of hydrogen-bond donors (Lipinski definition) is 2. The molecule has 178 valence electrons. The lowest BCUT2D eigenvalue weighted by Gasteiger charge is -2.35. The van der Waals surface area contributed by atoms with Gasteiger partial charge < -0.3 is 20.1 Å². The number of nitrogens with one attached hydrogen (secondary N) is 2. The lowest BCUT2D eigenvalue weighted by molar-refractivity contribution is -0.126. The first-order valence-corrected chi connectivity index (χ1v) is 11.2. The second kappa shape index (κ2) is 11.5. The van der Waals surface area contributed by atoms with Gasteiger partial charge in [-0.2, -0.15) is 0 Å². The van der Waals surface area contributed by atoms with Crippen molar-refractivity contribution in [1.82, 2.24) is 10.6 Å². The number of hydrogen-bond acceptors (Lipinski definition) is 4. The Labute approximate surface area is 200 Å². The molecular weight excluding hydrogens is 477 g/mol. The van der Waals surface area contributed by atoms with Gasteiger partial charge in [0.05, 0.1) is 10.0 Å². The summed E-state index contributed by atoms with van der Waals surface area (Å²) >= 11 is 11.3. The number of ether oxygens (including phenoxy) is 2. The number of amides is 2. The average Bonchev–Trinajstić information content (AvgIpc) is 2.77. The quantitative estimate of drug-likeness (QED) is 0.558. The van der Waals surface area contributed by atoms with Crippen LogP contribution < -0.4 is 20.1 Å². The van der Waals surface area contributed by atoms with Gasteiger partial charge in [-0.3, -0.25) is 9.59 Å². The van der Waals surface area contributed by atoms with E-state index in [4.69, 9.17) is 32.7 Å². The number of carbonyl (C=O) groups is 2. The normalized spacial score (nSPS) is 20.1. The van der Waals surface area contributed by atoms with E-state index >= 15 is 0 Å². The zero-order valence-corrected chi connectivity index (χ0v) is 19.4. The standard InChI is InChI=1S/C23H24Cl2F2N2O4/c1-13-8-14(28-22(30)11-32-15-3-5-17(24)19(26)9-15)2-7-21(13)29-23(31)12-33-16-4-6-18(25)20(27)10-16/h3-6,9-10,13-14,21H,2,7-8,11-12H2,1H3,(H,28,30)(H,29,31)/t13-,14-,21+/m0/s1. The van der Waals surface area contributed by atoms with E-state index in [9.17, 15) is 18.4 Å². The fourth-order valence-corrected chi connectivity index (χ4v) is 3.93. The third-order valence-electron chi connectivity index (χ3n) is 5.40. The van der Waals surface area contributed by atoms with E-state index in [-0.39, 0.29) is 64.6 Å². The molecule has 2 aromatic rings. The topological polar surface area (TPSA) is 76.7 Å². The largest absolute Gasteiger partial charge is 0.484 e. The van der Waals surface area contributed by atoms with Crippen molar-refractivity contribution < 1.29 is 27.8 Å². The van der Waals surface area contributed by atoms with Crippen molar-refractivity contribution in [2.75, 3.05) is 13.2 Å². The highest BCUT2D eigenvalue weighted by atomic mass is 35.5. The molecule has 2 aromatic carbocycles. The van der Waals surface area contributed by atoms with Gasteiger partial charge in [0.25, 0.3) is 11.8 Å². The van der Waals surface area contributed by atoms with Gasteiger partial charge in [0.1, 0.15) is 23.1 Å². The Kier molecular flexibility index (Phi) is 8.74. The Morgan fingerprint density at radius 1 is 0.909 bits per heavy atom. The first-order valence-electron chi connectivity index (χ1n) is 10.5. The van der Waals surface area contributed by atoms with Gasteiger partial charge in [-0.05, 0) is 49.4 Å². The van der Waals surface area contributed by atoms with Crippen molar-refractivity contribution in [3.63, 3.8) is 0 Å². The summed E-state index contributed by atoms with van der Waals surface area (Å²) in [7, 11) is 0. The minimum absolute atomic E-state index is 0.0184. The maximum Gasteiger partial charge on any atom is 0.258 e. The van der Waals surface area contributed by atoms with Crippen LogP contribution in [-0.4, -0.2) is 37.1 Å². The molecule has 0 aliphatic heterocycles. The van der Waals surface area contributed by atoms with Gasteiger partial charge in [0.15, 0.2) is 13.2 Å². The maximum atomic E-state index is 13.4. The van der Waals surface area contributed by atoms with E-state index in [0.29, 0.717) is 19.3 Å². The zero-order valence-electron chi connectivity index (χ0n) is 17.9. The van der Waals surface area contributed by atoms with E-state index in [1.807, 2.05) is 6.92 Å². The highest BCUT2D eigenvalue weighted by molar-refractivity contribution is 6.31. The van der Waals surface area contributed by atoms with Gasteiger partial charge in [-0.1, -0.05) is 30.1 Å². The Bertz CT molecular complexity index is 1010. The van der Waals surface area contributed by atoms with E-state index in [2.05, 4.69) is 10.6 Å². The van der Waals surface area contributed by atoms with E-state index in [1.165, 1.54) is 24.3 Å². The van der Waals surface area contributed by atoms with E-state index < -0.39 is 11.6 Å². The molecule has 3 atom stereocenters. The van der Waals surface area contributed by atoms with Crippen LogP contribution in [0.2, 0.25) is 10.0 Å². The molecule has 0 heterocycles. The van der Waals surface area contributed by atoms with Crippen LogP contribution in [0, 0.1) is 17.6 Å². The van der Waals surface area contributed by atoms with Crippen molar-refractivity contribution in [3.05, 3.63) is 58.1 Å². The molecule has 1 fully saturated rings. The summed E-state index contributed by atoms with van der Waals surface area (Å²) in [5.41, 5.74) is 0. The molecule has 0 radical (unpaired) electrons. The van der Waals surface area contributed by atoms with Crippen molar-refractivity contribution in [3.8, 4) is 11.5 Å². The molecule has 0 unspecified atom stereocenters. The molecule has 1 aliphatic rings. The molecule has 0 saturated heterocycles. The van der Waals surface area contributed by atoms with Crippen molar-refractivity contribution in [1.29, 1.82) is 0 Å². The molecule has 2 N–H and O–H groups in total. The predicted octanol–water partition coefficient (Wildman–Crippen LogP) is 4.52. The third kappa shape index (κ3) is 7.47. The minimum Gasteiger partial charge on any atom is -0.484 e. The molecule has 6 nitrogen and oxygen atoms in total. The highest BCUT2D eigenvalue weighted by Crippen LogP contribution is 2.25. The Morgan fingerprint density at radius 2 is 1.42 bits per heavy atom. The Balaban J connectivity index is 1.38. The van der Waals surface area contributed by atoms with Crippen molar-refractivity contribution >= 4 is 35.0 Å². The average molecular weight is 501 g/mol. The van der Waals surface area contributed by atoms with Gasteiger partial charge in [-0.25, -0.2) is 8.78 Å². The summed E-state index contributed by atoms with van der Waals surface area (Å²) in [6.45, 7) is 1.51. The number of carbonyl (C=O) groups excluding carboxylic acids is 2. The highest BCUT2D eigenvalue weighted by Gasteiger charge is 2.29. The SMILES string of the molecule is C[C@H]1C[C@@H](NC(=O)COc2ccc(Cl)c(F)c2)CC[C@H]1NC(=O)COc1ccc(Cl)c(F)c1. The van der Waals surface area contributed by atoms with Gasteiger partial charge >= 0.3 is 0 Å². The fourth-order valence-electron chi connectivity index (χ4n) is 3.69. The first kappa shape index (κ1) is 25.1. The van der Waals surface area contributed by atoms with Crippen LogP contribution >= 0.6 is 23.2 Å². The molecule has 0 bridgehead atoms. The number of benzene rings is 2. The summed E-state index contributed by atoms with van der Waals surface area (Å²) < 4.78 is 37.5. The van der Waals surface area contributed by atoms with Crippen LogP contribution in [-0.2, 0) is 9.59 Å². The molecule has 0 aromatic heterocycles. The van der Waals surface area contributed by atoms with Gasteiger partial charge in [0, 0.05) is 24.2 Å². The van der Waals surface area contributed by atoms with Crippen LogP contribution in [0.5, 0.6) is 11.5 Å². The van der Waals surface area contributed by atoms with Crippen LogP contribution in [0.25, 0.3) is 0 Å². The molecule has 3 rings (SSSR count). The first-order chi connectivity index (χ1) is 15.7. The molecular formula is C23H24Cl2F2N2O4. The van der Waals surface area contributed by atoms with Gasteiger partial charge in [-0.15, -0.1) is 0 Å². The van der Waals surface area contributed by atoms with Gasteiger partial charge in [0.2, 0.25) is 0 Å². The summed E-state index contributed by atoms with van der Waals surface area (Å²) in [4.78, 5) is 24.4. The second-order valence-electron chi connectivity index (χ2n) is 7.96. The lowest BCUT2D eigenvalue weighted by Crippen LogP contribution is -2.49. The maximum absolute atomic E-state index is 13.4. The van der Waals surface area contributed by atoms with Crippen LogP contribution in [0.1, 0.15) is 26.2 Å². The number of halogens is 4. The van der Waals surface area contributed by atoms with Crippen LogP contribution in [0.3, 0.4) is 0 Å². The third-order valence-corrected chi connectivity index (χ3v) is 6.02. The number of rotatable bonds is 8.